The molecule has 0 saturated carbocycles. The Morgan fingerprint density at radius 2 is 2.25 bits per heavy atom. The van der Waals surface area contributed by atoms with Crippen LogP contribution in [0.25, 0.3) is 0 Å². The van der Waals surface area contributed by atoms with E-state index in [-0.39, 0.29) is 0 Å². The van der Waals surface area contributed by atoms with Gasteiger partial charge in [0.2, 0.25) is 0 Å². The van der Waals surface area contributed by atoms with Gasteiger partial charge in [0.15, 0.2) is 0 Å². The summed E-state index contributed by atoms with van der Waals surface area (Å²) in [4.78, 5) is 1.30. The third kappa shape index (κ3) is 6.29. The standard InChI is InChI=1S/C11H18S/c1-4-7-8-9-11(6-3)12-10-5-2/h4,6-7,9H,3,5,8,10H2,1-2H3/b7-4-,11-9+. The van der Waals surface area contributed by atoms with Crippen LogP contribution in [0.5, 0.6) is 0 Å². The van der Waals surface area contributed by atoms with E-state index < -0.39 is 0 Å². The van der Waals surface area contributed by atoms with E-state index in [1.807, 2.05) is 24.8 Å². The van der Waals surface area contributed by atoms with Gasteiger partial charge in [0.05, 0.1) is 0 Å². The summed E-state index contributed by atoms with van der Waals surface area (Å²) in [6.45, 7) is 8.02. The first-order valence-corrected chi connectivity index (χ1v) is 5.40. The molecule has 0 aromatic rings. The highest BCUT2D eigenvalue weighted by atomic mass is 32.2. The normalized spacial score (nSPS) is 12.3. The Labute approximate surface area is 80.4 Å². The van der Waals surface area contributed by atoms with Crippen LogP contribution in [0.3, 0.4) is 0 Å². The molecule has 0 rings (SSSR count). The smallest absolute Gasteiger partial charge is 0.00292 e. The van der Waals surface area contributed by atoms with Crippen molar-refractivity contribution in [2.24, 2.45) is 0 Å². The Morgan fingerprint density at radius 1 is 1.50 bits per heavy atom. The van der Waals surface area contributed by atoms with Crippen LogP contribution in [-0.4, -0.2) is 5.75 Å². The van der Waals surface area contributed by atoms with Crippen molar-refractivity contribution in [1.82, 2.24) is 0 Å². The van der Waals surface area contributed by atoms with E-state index in [0.29, 0.717) is 0 Å². The van der Waals surface area contributed by atoms with Gasteiger partial charge in [-0.05, 0) is 25.5 Å². The van der Waals surface area contributed by atoms with Gasteiger partial charge in [-0.25, -0.2) is 0 Å². The van der Waals surface area contributed by atoms with E-state index in [2.05, 4.69) is 31.7 Å². The van der Waals surface area contributed by atoms with Gasteiger partial charge < -0.3 is 0 Å². The highest BCUT2D eigenvalue weighted by Gasteiger charge is 1.89. The van der Waals surface area contributed by atoms with Crippen molar-refractivity contribution in [3.63, 3.8) is 0 Å². The van der Waals surface area contributed by atoms with Gasteiger partial charge in [0, 0.05) is 4.91 Å². The van der Waals surface area contributed by atoms with Crippen LogP contribution in [-0.2, 0) is 0 Å². The highest BCUT2D eigenvalue weighted by Crippen LogP contribution is 2.17. The molecular weight excluding hydrogens is 164 g/mol. The summed E-state index contributed by atoms with van der Waals surface area (Å²) in [5, 5.41) is 0. The summed E-state index contributed by atoms with van der Waals surface area (Å²) in [5.74, 6) is 1.19. The molecule has 0 atom stereocenters. The Kier molecular flexibility index (Phi) is 8.35. The number of allylic oxidation sites excluding steroid dienone is 4. The van der Waals surface area contributed by atoms with Crippen molar-refractivity contribution >= 4 is 11.8 Å². The van der Waals surface area contributed by atoms with E-state index in [1.165, 1.54) is 17.1 Å². The van der Waals surface area contributed by atoms with Crippen molar-refractivity contribution in [2.75, 3.05) is 5.75 Å². The number of hydrogen-bond donors (Lipinski definition) is 0. The minimum atomic E-state index is 1.02. The summed E-state index contributed by atoms with van der Waals surface area (Å²) in [5.41, 5.74) is 0. The molecule has 0 N–H and O–H groups in total. The molecule has 0 spiro atoms. The van der Waals surface area contributed by atoms with Crippen molar-refractivity contribution in [3.05, 3.63) is 35.8 Å². The first kappa shape index (κ1) is 11.6. The molecule has 0 saturated heterocycles. The molecule has 0 aliphatic heterocycles. The molecule has 68 valence electrons. The van der Waals surface area contributed by atoms with Crippen LogP contribution in [0.2, 0.25) is 0 Å². The maximum Gasteiger partial charge on any atom is 0.00292 e. The monoisotopic (exact) mass is 182 g/mol. The summed E-state index contributed by atoms with van der Waals surface area (Å²) in [6, 6.07) is 0. The SMILES string of the molecule is C=C/C(=C\C/C=C\C)SCCC. The van der Waals surface area contributed by atoms with E-state index in [4.69, 9.17) is 0 Å². The van der Waals surface area contributed by atoms with Gasteiger partial charge in [-0.15, -0.1) is 11.8 Å². The number of thioether (sulfide) groups is 1. The number of rotatable bonds is 6. The molecule has 0 amide bonds. The van der Waals surface area contributed by atoms with Gasteiger partial charge in [-0.1, -0.05) is 37.8 Å². The van der Waals surface area contributed by atoms with E-state index in [1.54, 1.807) is 0 Å². The average molecular weight is 182 g/mol. The Hall–Kier alpha value is -0.430. The van der Waals surface area contributed by atoms with E-state index in [0.717, 1.165) is 6.42 Å². The zero-order valence-electron chi connectivity index (χ0n) is 8.05. The van der Waals surface area contributed by atoms with Gasteiger partial charge in [-0.3, -0.25) is 0 Å². The largest absolute Gasteiger partial charge is 0.127 e. The summed E-state index contributed by atoms with van der Waals surface area (Å²) < 4.78 is 0. The first-order valence-electron chi connectivity index (χ1n) is 4.41. The summed E-state index contributed by atoms with van der Waals surface area (Å²) >= 11 is 1.88. The van der Waals surface area contributed by atoms with Crippen molar-refractivity contribution in [3.8, 4) is 0 Å². The van der Waals surface area contributed by atoms with Crippen molar-refractivity contribution < 1.29 is 0 Å². The van der Waals surface area contributed by atoms with E-state index in [9.17, 15) is 0 Å². The molecule has 0 aromatic carbocycles. The second kappa shape index (κ2) is 8.66. The van der Waals surface area contributed by atoms with Crippen LogP contribution < -0.4 is 0 Å². The third-order valence-corrected chi connectivity index (χ3v) is 2.64. The summed E-state index contributed by atoms with van der Waals surface area (Å²) in [7, 11) is 0. The Balaban J connectivity index is 3.78. The highest BCUT2D eigenvalue weighted by molar-refractivity contribution is 8.03. The molecule has 0 aliphatic rings. The van der Waals surface area contributed by atoms with E-state index >= 15 is 0 Å². The molecule has 0 heterocycles. The quantitative estimate of drug-likeness (QED) is 0.439. The lowest BCUT2D eigenvalue weighted by atomic mass is 10.3. The fourth-order valence-corrected chi connectivity index (χ4v) is 1.51. The topological polar surface area (TPSA) is 0 Å². The van der Waals surface area contributed by atoms with Gasteiger partial charge >= 0.3 is 0 Å². The molecular formula is C11H18S. The minimum Gasteiger partial charge on any atom is -0.127 e. The zero-order valence-corrected chi connectivity index (χ0v) is 8.86. The molecule has 0 aromatic heterocycles. The number of hydrogen-bond acceptors (Lipinski definition) is 1. The maximum absolute atomic E-state index is 3.78. The Bertz CT molecular complexity index is 166. The van der Waals surface area contributed by atoms with Crippen LogP contribution in [0.4, 0.5) is 0 Å². The molecule has 0 bridgehead atoms. The van der Waals surface area contributed by atoms with Crippen molar-refractivity contribution in [1.29, 1.82) is 0 Å². The first-order chi connectivity index (χ1) is 5.85. The molecule has 0 aliphatic carbocycles. The van der Waals surface area contributed by atoms with Crippen LogP contribution >= 0.6 is 11.8 Å². The van der Waals surface area contributed by atoms with Gasteiger partial charge in [0.25, 0.3) is 0 Å². The maximum atomic E-state index is 3.78. The van der Waals surface area contributed by atoms with Crippen molar-refractivity contribution in [2.45, 2.75) is 26.7 Å². The minimum absolute atomic E-state index is 1.02. The van der Waals surface area contributed by atoms with Crippen LogP contribution in [0.1, 0.15) is 26.7 Å². The lowest BCUT2D eigenvalue weighted by molar-refractivity contribution is 1.11. The average Bonchev–Trinajstić information content (AvgIpc) is 2.11. The van der Waals surface area contributed by atoms with Crippen LogP contribution in [0, 0.1) is 0 Å². The fourth-order valence-electron chi connectivity index (χ4n) is 0.741. The predicted octanol–water partition coefficient (Wildman–Crippen LogP) is 4.17. The molecule has 1 heteroatoms. The molecule has 0 nitrogen and oxygen atoms in total. The third-order valence-electron chi connectivity index (χ3n) is 1.36. The van der Waals surface area contributed by atoms with Gasteiger partial charge in [0.1, 0.15) is 0 Å². The molecule has 0 radical (unpaired) electrons. The van der Waals surface area contributed by atoms with Gasteiger partial charge in [-0.2, -0.15) is 0 Å². The summed E-state index contributed by atoms with van der Waals surface area (Å²) in [6.07, 6.45) is 10.6. The predicted molar refractivity (Wildman–Crippen MR) is 60.5 cm³/mol. The molecule has 0 fully saturated rings. The second-order valence-corrected chi connectivity index (χ2v) is 3.63. The lowest BCUT2D eigenvalue weighted by Gasteiger charge is -1.98. The zero-order chi connectivity index (χ0) is 9.23. The molecule has 0 unspecified atom stereocenters. The molecule has 12 heavy (non-hydrogen) atoms. The Morgan fingerprint density at radius 3 is 2.75 bits per heavy atom. The lowest BCUT2D eigenvalue weighted by Crippen LogP contribution is -1.75. The van der Waals surface area contributed by atoms with Crippen LogP contribution in [0.15, 0.2) is 35.8 Å². The second-order valence-electron chi connectivity index (χ2n) is 2.46. The fraction of sp³-hybridized carbons (Fsp3) is 0.455.